The maximum atomic E-state index is 13.7. The molecule has 0 N–H and O–H groups in total. The number of halogens is 8. The maximum absolute atomic E-state index is 13.7. The molecule has 0 saturated carbocycles. The minimum absolute atomic E-state index is 0.0525. The molecule has 3 aromatic rings. The molecule has 3 rings (SSSR count). The Labute approximate surface area is 169 Å². The molecule has 0 radical (unpaired) electrons. The predicted octanol–water partition coefficient (Wildman–Crippen LogP) is 6.53. The van der Waals surface area contributed by atoms with E-state index < -0.39 is 52.8 Å². The molecule has 1 heterocycles. The van der Waals surface area contributed by atoms with Crippen LogP contribution in [0.2, 0.25) is 0 Å². The second-order valence-corrected chi connectivity index (χ2v) is 6.19. The number of alkyl halides is 6. The van der Waals surface area contributed by atoms with Gasteiger partial charge in [-0.1, -0.05) is 0 Å². The number of benzene rings is 2. The highest BCUT2D eigenvalue weighted by Crippen LogP contribution is 2.38. The van der Waals surface area contributed by atoms with Gasteiger partial charge in [-0.25, -0.2) is 23.6 Å². The lowest BCUT2D eigenvalue weighted by Crippen LogP contribution is -2.34. The van der Waals surface area contributed by atoms with Crippen molar-refractivity contribution in [3.8, 4) is 11.6 Å². The minimum Gasteiger partial charge on any atom is -0.439 e. The summed E-state index contributed by atoms with van der Waals surface area (Å²) < 4.78 is 111. The second kappa shape index (κ2) is 8.00. The zero-order valence-electron chi connectivity index (χ0n) is 15.4. The van der Waals surface area contributed by atoms with Crippen molar-refractivity contribution in [1.82, 2.24) is 9.97 Å². The molecule has 0 aliphatic carbocycles. The fourth-order valence-electron chi connectivity index (χ4n) is 2.59. The molecular formula is C19H11F8N3O. The van der Waals surface area contributed by atoms with Crippen LogP contribution in [0.15, 0.2) is 48.8 Å². The van der Waals surface area contributed by atoms with Gasteiger partial charge in [-0.2, -0.15) is 13.2 Å². The topological polar surface area (TPSA) is 38.2 Å². The van der Waals surface area contributed by atoms with Gasteiger partial charge < -0.3 is 4.74 Å². The fraction of sp³-hybridized carbons (Fsp3) is 0.158. The van der Waals surface area contributed by atoms with Crippen LogP contribution < -0.4 is 9.64 Å². The molecule has 0 atom stereocenters. The van der Waals surface area contributed by atoms with Gasteiger partial charge in [0, 0.05) is 6.07 Å². The molecule has 0 saturated heterocycles. The van der Waals surface area contributed by atoms with Gasteiger partial charge in [0.1, 0.15) is 29.5 Å². The van der Waals surface area contributed by atoms with Gasteiger partial charge >= 0.3 is 12.5 Å². The summed E-state index contributed by atoms with van der Waals surface area (Å²) in [6, 6.07) is 5.11. The SMILES string of the molecule is Cc1cc(N(c2cc(Oc3ccc(F)c(C(F)(F)F)c3)ncn2)C(F)(F)F)ccc1F. The van der Waals surface area contributed by atoms with Crippen molar-refractivity contribution in [2.45, 2.75) is 19.4 Å². The molecule has 4 nitrogen and oxygen atoms in total. The van der Waals surface area contributed by atoms with Crippen LogP contribution in [0, 0.1) is 18.6 Å². The smallest absolute Gasteiger partial charge is 0.439 e. The molecule has 0 bridgehead atoms. The fourth-order valence-corrected chi connectivity index (χ4v) is 2.59. The van der Waals surface area contributed by atoms with Crippen molar-refractivity contribution in [3.63, 3.8) is 0 Å². The van der Waals surface area contributed by atoms with Gasteiger partial charge in [0.25, 0.3) is 0 Å². The summed E-state index contributed by atoms with van der Waals surface area (Å²) in [6.07, 6.45) is -9.29. The van der Waals surface area contributed by atoms with Crippen molar-refractivity contribution >= 4 is 11.5 Å². The molecule has 164 valence electrons. The van der Waals surface area contributed by atoms with Crippen molar-refractivity contribution in [2.24, 2.45) is 0 Å². The van der Waals surface area contributed by atoms with E-state index in [2.05, 4.69) is 9.97 Å². The van der Waals surface area contributed by atoms with Crippen molar-refractivity contribution in [3.05, 3.63) is 71.6 Å². The van der Waals surface area contributed by atoms with Gasteiger partial charge in [0.05, 0.1) is 11.3 Å². The van der Waals surface area contributed by atoms with Crippen LogP contribution in [0.4, 0.5) is 46.6 Å². The number of anilines is 2. The van der Waals surface area contributed by atoms with E-state index in [0.29, 0.717) is 18.5 Å². The lowest BCUT2D eigenvalue weighted by Gasteiger charge is -2.26. The molecule has 1 aromatic heterocycles. The molecular weight excluding hydrogens is 438 g/mol. The van der Waals surface area contributed by atoms with E-state index in [0.717, 1.165) is 30.3 Å². The Bertz CT molecular complexity index is 1100. The summed E-state index contributed by atoms with van der Waals surface area (Å²) in [5.74, 6) is -4.03. The summed E-state index contributed by atoms with van der Waals surface area (Å²) >= 11 is 0. The minimum atomic E-state index is -5.01. The molecule has 12 heteroatoms. The summed E-state index contributed by atoms with van der Waals surface area (Å²) in [7, 11) is 0. The zero-order chi connectivity index (χ0) is 23.0. The lowest BCUT2D eigenvalue weighted by molar-refractivity contribution is -0.140. The lowest BCUT2D eigenvalue weighted by atomic mass is 10.2. The summed E-state index contributed by atoms with van der Waals surface area (Å²) in [5, 5.41) is 0. The van der Waals surface area contributed by atoms with Crippen LogP contribution in [0.1, 0.15) is 11.1 Å². The summed E-state index contributed by atoms with van der Waals surface area (Å²) in [4.78, 5) is 6.92. The van der Waals surface area contributed by atoms with E-state index >= 15 is 0 Å². The quantitative estimate of drug-likeness (QED) is 0.335. The average molecular weight is 449 g/mol. The number of ether oxygens (including phenoxy) is 1. The number of hydrogen-bond donors (Lipinski definition) is 0. The van der Waals surface area contributed by atoms with E-state index in [1.165, 1.54) is 6.92 Å². The molecule has 0 aliphatic heterocycles. The first-order chi connectivity index (χ1) is 14.4. The van der Waals surface area contributed by atoms with Crippen LogP contribution in [0.5, 0.6) is 11.6 Å². The first kappa shape index (κ1) is 22.2. The first-order valence-corrected chi connectivity index (χ1v) is 8.36. The third-order valence-electron chi connectivity index (χ3n) is 3.98. The number of hydrogen-bond acceptors (Lipinski definition) is 4. The normalized spacial score (nSPS) is 12.0. The highest BCUT2D eigenvalue weighted by Gasteiger charge is 2.40. The molecule has 0 unspecified atom stereocenters. The Morgan fingerprint density at radius 3 is 2.13 bits per heavy atom. The molecule has 0 fully saturated rings. The molecule has 2 aromatic carbocycles. The Kier molecular flexibility index (Phi) is 5.74. The summed E-state index contributed by atoms with van der Waals surface area (Å²) in [5.41, 5.74) is -2.13. The largest absolute Gasteiger partial charge is 0.490 e. The summed E-state index contributed by atoms with van der Waals surface area (Å²) in [6.45, 7) is 1.27. The number of nitrogens with zero attached hydrogens (tertiary/aromatic N) is 3. The Balaban J connectivity index is 1.99. The van der Waals surface area contributed by atoms with Crippen molar-refractivity contribution in [1.29, 1.82) is 0 Å². The van der Waals surface area contributed by atoms with E-state index in [1.54, 1.807) is 0 Å². The number of aryl methyl sites for hydroxylation is 1. The Morgan fingerprint density at radius 2 is 1.52 bits per heavy atom. The molecule has 0 spiro atoms. The standard InChI is InChI=1S/C19H11F8N3O/c1-10-6-11(2-4-14(10)20)30(19(25,26)27)16-8-17(29-9-28-16)31-12-3-5-15(21)13(7-12)18(22,23)24/h2-9H,1H3. The van der Waals surface area contributed by atoms with Crippen LogP contribution >= 0.6 is 0 Å². The monoisotopic (exact) mass is 449 g/mol. The van der Waals surface area contributed by atoms with E-state index in [4.69, 9.17) is 4.74 Å². The highest BCUT2D eigenvalue weighted by atomic mass is 19.4. The Morgan fingerprint density at radius 1 is 0.839 bits per heavy atom. The second-order valence-electron chi connectivity index (χ2n) is 6.19. The van der Waals surface area contributed by atoms with Crippen LogP contribution in [-0.4, -0.2) is 16.3 Å². The van der Waals surface area contributed by atoms with Crippen molar-refractivity contribution < 1.29 is 39.9 Å². The van der Waals surface area contributed by atoms with Crippen LogP contribution in [-0.2, 0) is 6.18 Å². The Hall–Kier alpha value is -3.44. The third kappa shape index (κ3) is 5.01. The first-order valence-electron chi connectivity index (χ1n) is 8.36. The molecule has 0 amide bonds. The van der Waals surface area contributed by atoms with E-state index in [1.807, 2.05) is 0 Å². The van der Waals surface area contributed by atoms with E-state index in [9.17, 15) is 35.1 Å². The van der Waals surface area contributed by atoms with Crippen LogP contribution in [0.25, 0.3) is 0 Å². The zero-order valence-corrected chi connectivity index (χ0v) is 15.4. The van der Waals surface area contributed by atoms with Gasteiger partial charge in [0.2, 0.25) is 5.88 Å². The van der Waals surface area contributed by atoms with Crippen molar-refractivity contribution in [2.75, 3.05) is 4.90 Å². The number of aromatic nitrogens is 2. The van der Waals surface area contributed by atoms with Crippen LogP contribution in [0.3, 0.4) is 0 Å². The molecule has 0 aliphatic rings. The third-order valence-corrected chi connectivity index (χ3v) is 3.98. The van der Waals surface area contributed by atoms with Gasteiger partial charge in [-0.3, -0.25) is 0 Å². The maximum Gasteiger partial charge on any atom is 0.490 e. The molecule has 31 heavy (non-hydrogen) atoms. The van der Waals surface area contributed by atoms with Gasteiger partial charge in [0.15, 0.2) is 0 Å². The number of rotatable bonds is 4. The van der Waals surface area contributed by atoms with Gasteiger partial charge in [-0.15, -0.1) is 13.2 Å². The van der Waals surface area contributed by atoms with Gasteiger partial charge in [-0.05, 0) is 48.9 Å². The van der Waals surface area contributed by atoms with E-state index in [-0.39, 0.29) is 10.5 Å². The average Bonchev–Trinajstić information content (AvgIpc) is 2.65. The predicted molar refractivity (Wildman–Crippen MR) is 92.8 cm³/mol. The highest BCUT2D eigenvalue weighted by molar-refractivity contribution is 5.62.